The van der Waals surface area contributed by atoms with E-state index in [4.69, 9.17) is 0 Å². The predicted octanol–water partition coefficient (Wildman–Crippen LogP) is 2.62. The quantitative estimate of drug-likeness (QED) is 0.905. The minimum absolute atomic E-state index is 0.181. The van der Waals surface area contributed by atoms with E-state index in [1.165, 1.54) is 19.1 Å². The van der Waals surface area contributed by atoms with Gasteiger partial charge in [0, 0.05) is 22.2 Å². The number of nitrogens with zero attached hydrogens (tertiary/aromatic N) is 2. The molecule has 0 saturated heterocycles. The number of amides is 1. The van der Waals surface area contributed by atoms with Crippen molar-refractivity contribution < 1.29 is 18.7 Å². The van der Waals surface area contributed by atoms with Gasteiger partial charge in [-0.1, -0.05) is 15.9 Å². The zero-order valence-electron chi connectivity index (χ0n) is 9.98. The van der Waals surface area contributed by atoms with Crippen LogP contribution in [-0.2, 0) is 0 Å². The van der Waals surface area contributed by atoms with Crippen molar-refractivity contribution in [2.24, 2.45) is 5.10 Å². The van der Waals surface area contributed by atoms with Gasteiger partial charge in [0.15, 0.2) is 0 Å². The first-order valence-electron chi connectivity index (χ1n) is 5.49. The normalized spacial score (nSPS) is 22.8. The highest BCUT2D eigenvalue weighted by Gasteiger charge is 2.51. The van der Waals surface area contributed by atoms with E-state index in [-0.39, 0.29) is 17.7 Å². The summed E-state index contributed by atoms with van der Waals surface area (Å²) in [7, 11) is 0. The third kappa shape index (κ3) is 2.52. The van der Waals surface area contributed by atoms with E-state index in [0.717, 1.165) is 4.47 Å². The fourth-order valence-corrected chi connectivity index (χ4v) is 2.11. The van der Waals surface area contributed by atoms with Crippen LogP contribution in [0.3, 0.4) is 0 Å². The SMILES string of the molecule is CC1=NN(C(=O)c2ccc(Br)cc2)C(O)(C(F)F)C1. The average Bonchev–Trinajstić information content (AvgIpc) is 2.66. The molecule has 1 aromatic rings. The summed E-state index contributed by atoms with van der Waals surface area (Å²) in [5.41, 5.74) is -2.09. The zero-order valence-corrected chi connectivity index (χ0v) is 11.6. The Morgan fingerprint density at radius 1 is 1.47 bits per heavy atom. The highest BCUT2D eigenvalue weighted by molar-refractivity contribution is 9.10. The largest absolute Gasteiger partial charge is 0.364 e. The van der Waals surface area contributed by atoms with Gasteiger partial charge >= 0.3 is 0 Å². The highest BCUT2D eigenvalue weighted by atomic mass is 79.9. The van der Waals surface area contributed by atoms with Gasteiger partial charge in [-0.05, 0) is 31.2 Å². The van der Waals surface area contributed by atoms with Crippen molar-refractivity contribution in [3.8, 4) is 0 Å². The molecule has 1 aliphatic rings. The summed E-state index contributed by atoms with van der Waals surface area (Å²) < 4.78 is 26.7. The van der Waals surface area contributed by atoms with Gasteiger partial charge in [0.25, 0.3) is 12.3 Å². The number of hydrazone groups is 1. The van der Waals surface area contributed by atoms with Crippen LogP contribution >= 0.6 is 15.9 Å². The molecule has 2 rings (SSSR count). The molecule has 0 radical (unpaired) electrons. The Morgan fingerprint density at radius 3 is 2.58 bits per heavy atom. The maximum Gasteiger partial charge on any atom is 0.287 e. The average molecular weight is 333 g/mol. The topological polar surface area (TPSA) is 52.9 Å². The van der Waals surface area contributed by atoms with Gasteiger partial charge in [0.05, 0.1) is 0 Å². The molecule has 0 fully saturated rings. The number of rotatable bonds is 2. The Hall–Kier alpha value is -1.34. The summed E-state index contributed by atoms with van der Waals surface area (Å²) in [6.07, 6.45) is -3.44. The van der Waals surface area contributed by atoms with Crippen molar-refractivity contribution in [2.45, 2.75) is 25.5 Å². The van der Waals surface area contributed by atoms with Crippen LogP contribution in [0.4, 0.5) is 8.78 Å². The molecule has 4 nitrogen and oxygen atoms in total. The van der Waals surface area contributed by atoms with Gasteiger partial charge in [-0.25, -0.2) is 8.78 Å². The van der Waals surface area contributed by atoms with Crippen molar-refractivity contribution in [3.05, 3.63) is 34.3 Å². The second kappa shape index (κ2) is 4.97. The van der Waals surface area contributed by atoms with E-state index < -0.39 is 18.1 Å². The molecule has 1 unspecified atom stereocenters. The summed E-state index contributed by atoms with van der Waals surface area (Å²) >= 11 is 3.21. The van der Waals surface area contributed by atoms with Crippen LogP contribution in [0, 0.1) is 0 Å². The van der Waals surface area contributed by atoms with Crippen LogP contribution in [0.5, 0.6) is 0 Å². The lowest BCUT2D eigenvalue weighted by molar-refractivity contribution is -0.164. The molecule has 1 aromatic carbocycles. The van der Waals surface area contributed by atoms with Crippen molar-refractivity contribution in [1.82, 2.24) is 5.01 Å². The summed E-state index contributed by atoms with van der Waals surface area (Å²) in [6, 6.07) is 6.17. The van der Waals surface area contributed by atoms with Crippen LogP contribution in [0.1, 0.15) is 23.7 Å². The van der Waals surface area contributed by atoms with Crippen molar-refractivity contribution >= 4 is 27.5 Å². The van der Waals surface area contributed by atoms with Crippen LogP contribution in [0.2, 0.25) is 0 Å². The molecule has 0 aromatic heterocycles. The lowest BCUT2D eigenvalue weighted by Crippen LogP contribution is -2.51. The predicted molar refractivity (Wildman–Crippen MR) is 69.0 cm³/mol. The van der Waals surface area contributed by atoms with Crippen LogP contribution in [0.25, 0.3) is 0 Å². The van der Waals surface area contributed by atoms with Gasteiger partial charge in [-0.2, -0.15) is 10.1 Å². The van der Waals surface area contributed by atoms with E-state index in [2.05, 4.69) is 21.0 Å². The molecule has 1 N–H and O–H groups in total. The van der Waals surface area contributed by atoms with E-state index in [9.17, 15) is 18.7 Å². The standard InChI is InChI=1S/C12H11BrF2N2O2/c1-7-6-12(19,11(14)15)17(16-7)10(18)8-2-4-9(13)5-3-8/h2-5,11,19H,6H2,1H3. The molecule has 0 bridgehead atoms. The smallest absolute Gasteiger partial charge is 0.287 e. The van der Waals surface area contributed by atoms with Crippen LogP contribution < -0.4 is 0 Å². The zero-order chi connectivity index (χ0) is 14.2. The second-order valence-corrected chi connectivity index (χ2v) is 5.23. The number of carbonyl (C=O) groups is 1. The number of benzene rings is 1. The molecule has 0 spiro atoms. The van der Waals surface area contributed by atoms with Gasteiger partial charge in [-0.3, -0.25) is 4.79 Å². The monoisotopic (exact) mass is 332 g/mol. The Morgan fingerprint density at radius 2 is 2.05 bits per heavy atom. The maximum atomic E-state index is 13.0. The summed E-state index contributed by atoms with van der Waals surface area (Å²) in [5, 5.41) is 14.1. The number of hydrogen-bond acceptors (Lipinski definition) is 3. The third-order valence-electron chi connectivity index (χ3n) is 2.79. The molecule has 1 atom stereocenters. The first-order chi connectivity index (χ1) is 8.84. The lowest BCUT2D eigenvalue weighted by atomic mass is 10.1. The maximum absolute atomic E-state index is 13.0. The van der Waals surface area contributed by atoms with E-state index in [0.29, 0.717) is 5.01 Å². The minimum atomic E-state index is -3.09. The molecule has 1 amide bonds. The number of carbonyl (C=O) groups excluding carboxylic acids is 1. The Bertz CT molecular complexity index is 533. The first-order valence-corrected chi connectivity index (χ1v) is 6.28. The van der Waals surface area contributed by atoms with Gasteiger partial charge in [0.2, 0.25) is 5.72 Å². The molecule has 7 heteroatoms. The number of halogens is 3. The number of aliphatic hydroxyl groups is 1. The molecule has 0 saturated carbocycles. The molecular weight excluding hydrogens is 322 g/mol. The highest BCUT2D eigenvalue weighted by Crippen LogP contribution is 2.32. The molecule has 19 heavy (non-hydrogen) atoms. The number of alkyl halides is 2. The summed E-state index contributed by atoms with van der Waals surface area (Å²) in [4.78, 5) is 12.1. The van der Waals surface area contributed by atoms with E-state index in [1.54, 1.807) is 12.1 Å². The first kappa shape index (κ1) is 14.1. The lowest BCUT2D eigenvalue weighted by Gasteiger charge is -2.30. The van der Waals surface area contributed by atoms with Crippen molar-refractivity contribution in [1.29, 1.82) is 0 Å². The molecule has 1 aliphatic heterocycles. The Labute approximate surface area is 116 Å². The van der Waals surface area contributed by atoms with Gasteiger partial charge < -0.3 is 5.11 Å². The minimum Gasteiger partial charge on any atom is -0.364 e. The van der Waals surface area contributed by atoms with Crippen LogP contribution in [0.15, 0.2) is 33.8 Å². The van der Waals surface area contributed by atoms with Gasteiger partial charge in [-0.15, -0.1) is 0 Å². The molecular formula is C12H11BrF2N2O2. The second-order valence-electron chi connectivity index (χ2n) is 4.32. The summed E-state index contributed by atoms with van der Waals surface area (Å²) in [5.74, 6) is -0.757. The molecule has 0 aliphatic carbocycles. The fraction of sp³-hybridized carbons (Fsp3) is 0.333. The van der Waals surface area contributed by atoms with Crippen LogP contribution in [-0.4, -0.2) is 33.9 Å². The van der Waals surface area contributed by atoms with Crippen molar-refractivity contribution in [3.63, 3.8) is 0 Å². The number of hydrogen-bond donors (Lipinski definition) is 1. The van der Waals surface area contributed by atoms with Crippen molar-refractivity contribution in [2.75, 3.05) is 0 Å². The fourth-order valence-electron chi connectivity index (χ4n) is 1.85. The third-order valence-corrected chi connectivity index (χ3v) is 3.32. The Balaban J connectivity index is 2.34. The van der Waals surface area contributed by atoms with Gasteiger partial charge in [0.1, 0.15) is 0 Å². The Kier molecular flexibility index (Phi) is 3.69. The van der Waals surface area contributed by atoms with E-state index >= 15 is 0 Å². The molecule has 102 valence electrons. The molecule has 1 heterocycles. The van der Waals surface area contributed by atoms with E-state index in [1.807, 2.05) is 0 Å². The summed E-state index contributed by atoms with van der Waals surface area (Å²) in [6.45, 7) is 1.49.